The number of benzene rings is 2. The van der Waals surface area contributed by atoms with Crippen LogP contribution in [-0.4, -0.2) is 30.5 Å². The van der Waals surface area contributed by atoms with Gasteiger partial charge in [0.05, 0.1) is 5.69 Å². The normalized spacial score (nSPS) is 15.0. The van der Waals surface area contributed by atoms with Crippen LogP contribution in [0.5, 0.6) is 0 Å². The van der Waals surface area contributed by atoms with E-state index < -0.39 is 0 Å². The number of aryl methyl sites for hydroxylation is 1. The molecule has 2 aromatic heterocycles. The number of carbonyl (C=O) groups excluding carboxylic acids is 1. The number of rotatable bonds is 4. The summed E-state index contributed by atoms with van der Waals surface area (Å²) in [7, 11) is 0. The van der Waals surface area contributed by atoms with Crippen LogP contribution >= 0.6 is 0 Å². The van der Waals surface area contributed by atoms with Crippen LogP contribution in [0.1, 0.15) is 53.3 Å². The molecule has 166 valence electrons. The van der Waals surface area contributed by atoms with E-state index in [-0.39, 0.29) is 5.91 Å². The predicted octanol–water partition coefficient (Wildman–Crippen LogP) is 4.60. The Hall–Kier alpha value is -3.74. The first-order valence-electron chi connectivity index (χ1n) is 11.8. The smallest absolute Gasteiger partial charge is 0.276 e. The molecule has 1 aliphatic carbocycles. The monoisotopic (exact) mass is 438 g/mol. The third-order valence-corrected chi connectivity index (χ3v) is 6.66. The highest BCUT2D eigenvalue weighted by Crippen LogP contribution is 2.29. The molecule has 7 nitrogen and oxygen atoms in total. The van der Waals surface area contributed by atoms with Crippen molar-refractivity contribution in [3.63, 3.8) is 0 Å². The maximum Gasteiger partial charge on any atom is 0.276 e. The molecule has 0 atom stereocenters. The molecular weight excluding hydrogens is 412 g/mol. The van der Waals surface area contributed by atoms with Gasteiger partial charge in [-0.15, -0.1) is 10.2 Å². The molecule has 0 saturated carbocycles. The minimum atomic E-state index is -0.160. The number of hydrogen-bond acceptors (Lipinski definition) is 4. The number of para-hydroxylation sites is 1. The molecule has 33 heavy (non-hydrogen) atoms. The number of nitrogens with one attached hydrogen (secondary N) is 1. The van der Waals surface area contributed by atoms with Gasteiger partial charge in [-0.3, -0.25) is 4.79 Å². The second-order valence-corrected chi connectivity index (χ2v) is 8.81. The van der Waals surface area contributed by atoms with E-state index in [0.717, 1.165) is 78.5 Å². The summed E-state index contributed by atoms with van der Waals surface area (Å²) in [4.78, 5) is 13.1. The molecule has 0 spiro atoms. The number of amides is 1. The zero-order valence-electron chi connectivity index (χ0n) is 18.5. The molecular formula is C26H26N6O. The van der Waals surface area contributed by atoms with Gasteiger partial charge in [-0.1, -0.05) is 24.6 Å². The Kier molecular flexibility index (Phi) is 5.02. The van der Waals surface area contributed by atoms with Gasteiger partial charge in [-0.05, 0) is 68.5 Å². The zero-order valence-corrected chi connectivity index (χ0v) is 18.5. The van der Waals surface area contributed by atoms with Crippen LogP contribution in [0.4, 0.5) is 5.69 Å². The van der Waals surface area contributed by atoms with Gasteiger partial charge in [-0.2, -0.15) is 5.10 Å². The fourth-order valence-electron chi connectivity index (χ4n) is 4.99. The van der Waals surface area contributed by atoms with E-state index in [2.05, 4.69) is 20.1 Å². The van der Waals surface area contributed by atoms with Gasteiger partial charge in [0.25, 0.3) is 5.91 Å². The minimum absolute atomic E-state index is 0.160. The number of carbonyl (C=O) groups is 1. The minimum Gasteiger partial charge on any atom is -0.321 e. The third kappa shape index (κ3) is 3.63. The Morgan fingerprint density at radius 2 is 1.70 bits per heavy atom. The van der Waals surface area contributed by atoms with Crippen molar-refractivity contribution < 1.29 is 4.79 Å². The maximum atomic E-state index is 13.1. The molecule has 0 radical (unpaired) electrons. The first-order valence-corrected chi connectivity index (χ1v) is 11.8. The van der Waals surface area contributed by atoms with Crippen LogP contribution in [0.2, 0.25) is 0 Å². The molecule has 0 unspecified atom stereocenters. The van der Waals surface area contributed by atoms with Crippen molar-refractivity contribution in [3.8, 4) is 17.1 Å². The first kappa shape index (κ1) is 19.9. The van der Waals surface area contributed by atoms with Crippen LogP contribution in [0.15, 0.2) is 54.6 Å². The standard InChI is InChI=1S/C26H26N6O/c33-26(24-21-10-7-11-22(21)32(30-24)20-8-3-1-4-9-20)27-19-15-13-18(14-16-19)25-29-28-23-12-5-2-6-17-31(23)25/h1,3-4,8-9,13-16H,2,5-7,10-12,17H2,(H,27,33). The lowest BCUT2D eigenvalue weighted by atomic mass is 10.1. The van der Waals surface area contributed by atoms with Gasteiger partial charge in [0.15, 0.2) is 11.5 Å². The quantitative estimate of drug-likeness (QED) is 0.505. The molecule has 0 fully saturated rings. The summed E-state index contributed by atoms with van der Waals surface area (Å²) in [6.07, 6.45) is 7.44. The van der Waals surface area contributed by atoms with Gasteiger partial charge in [0.2, 0.25) is 0 Å². The average Bonchev–Trinajstić information content (AvgIpc) is 3.52. The van der Waals surface area contributed by atoms with E-state index in [0.29, 0.717) is 5.69 Å². The molecule has 1 amide bonds. The van der Waals surface area contributed by atoms with E-state index in [4.69, 9.17) is 5.10 Å². The lowest BCUT2D eigenvalue weighted by Gasteiger charge is -2.08. The number of hydrogen-bond donors (Lipinski definition) is 1. The summed E-state index contributed by atoms with van der Waals surface area (Å²) in [5, 5.41) is 16.6. The molecule has 0 saturated heterocycles. The summed E-state index contributed by atoms with van der Waals surface area (Å²) in [6.45, 7) is 0.964. The van der Waals surface area contributed by atoms with Crippen LogP contribution < -0.4 is 5.32 Å². The predicted molar refractivity (Wildman–Crippen MR) is 127 cm³/mol. The molecule has 1 aliphatic heterocycles. The van der Waals surface area contributed by atoms with Crippen LogP contribution in [0.25, 0.3) is 17.1 Å². The van der Waals surface area contributed by atoms with Crippen LogP contribution in [-0.2, 0) is 25.8 Å². The number of anilines is 1. The van der Waals surface area contributed by atoms with Crippen molar-refractivity contribution in [3.05, 3.63) is 77.4 Å². The van der Waals surface area contributed by atoms with E-state index in [1.165, 1.54) is 12.8 Å². The van der Waals surface area contributed by atoms with E-state index in [1.54, 1.807) is 0 Å². The van der Waals surface area contributed by atoms with Gasteiger partial charge >= 0.3 is 0 Å². The number of fused-ring (bicyclic) bond motifs is 2. The summed E-state index contributed by atoms with van der Waals surface area (Å²) in [6, 6.07) is 17.9. The highest BCUT2D eigenvalue weighted by atomic mass is 16.2. The molecule has 4 aromatic rings. The van der Waals surface area contributed by atoms with E-state index in [1.807, 2.05) is 59.3 Å². The van der Waals surface area contributed by atoms with Crippen LogP contribution in [0, 0.1) is 0 Å². The average molecular weight is 439 g/mol. The van der Waals surface area contributed by atoms with Crippen molar-refractivity contribution in [2.45, 2.75) is 51.5 Å². The Balaban J connectivity index is 1.24. The maximum absolute atomic E-state index is 13.1. The SMILES string of the molecule is O=C(Nc1ccc(-c2nnc3n2CCCCC3)cc1)c1nn(-c2ccccc2)c2c1CCC2. The van der Waals surface area contributed by atoms with Gasteiger partial charge in [0.1, 0.15) is 5.82 Å². The second kappa shape index (κ2) is 8.31. The Morgan fingerprint density at radius 1 is 0.848 bits per heavy atom. The molecule has 2 aliphatic rings. The summed E-state index contributed by atoms with van der Waals surface area (Å²) < 4.78 is 4.16. The van der Waals surface area contributed by atoms with Crippen LogP contribution in [0.3, 0.4) is 0 Å². The molecule has 6 rings (SSSR count). The highest BCUT2D eigenvalue weighted by Gasteiger charge is 2.27. The van der Waals surface area contributed by atoms with Gasteiger partial charge in [-0.25, -0.2) is 4.68 Å². The fourth-order valence-corrected chi connectivity index (χ4v) is 4.99. The molecule has 2 aromatic carbocycles. The van der Waals surface area contributed by atoms with Crippen molar-refractivity contribution in [2.75, 3.05) is 5.32 Å². The van der Waals surface area contributed by atoms with E-state index >= 15 is 0 Å². The highest BCUT2D eigenvalue weighted by molar-refractivity contribution is 6.04. The first-order chi connectivity index (χ1) is 16.3. The summed E-state index contributed by atoms with van der Waals surface area (Å²) >= 11 is 0. The lowest BCUT2D eigenvalue weighted by molar-refractivity contribution is 0.102. The van der Waals surface area contributed by atoms with Crippen molar-refractivity contribution >= 4 is 11.6 Å². The molecule has 3 heterocycles. The van der Waals surface area contributed by atoms with Crippen molar-refractivity contribution in [2.24, 2.45) is 0 Å². The van der Waals surface area contributed by atoms with Gasteiger partial charge in [0, 0.05) is 35.5 Å². The fraction of sp³-hybridized carbons (Fsp3) is 0.308. The Morgan fingerprint density at radius 3 is 2.55 bits per heavy atom. The molecule has 1 N–H and O–H groups in total. The molecule has 7 heteroatoms. The molecule has 0 bridgehead atoms. The summed E-state index contributed by atoms with van der Waals surface area (Å²) in [5.74, 6) is 1.82. The largest absolute Gasteiger partial charge is 0.321 e. The number of nitrogens with zero attached hydrogens (tertiary/aromatic N) is 5. The summed E-state index contributed by atoms with van der Waals surface area (Å²) in [5.41, 5.74) is 5.50. The van der Waals surface area contributed by atoms with E-state index in [9.17, 15) is 4.79 Å². The van der Waals surface area contributed by atoms with Gasteiger partial charge < -0.3 is 9.88 Å². The topological polar surface area (TPSA) is 77.6 Å². The number of aromatic nitrogens is 5. The van der Waals surface area contributed by atoms with Crippen molar-refractivity contribution in [1.82, 2.24) is 24.5 Å². The van der Waals surface area contributed by atoms with Crippen molar-refractivity contribution in [1.29, 1.82) is 0 Å². The second-order valence-electron chi connectivity index (χ2n) is 8.81. The lowest BCUT2D eigenvalue weighted by Crippen LogP contribution is -2.15. The Labute approximate surface area is 192 Å². The Bertz CT molecular complexity index is 1300. The third-order valence-electron chi connectivity index (χ3n) is 6.66. The zero-order chi connectivity index (χ0) is 22.2.